The molecule has 112 valence electrons. The van der Waals surface area contributed by atoms with Crippen molar-refractivity contribution in [3.05, 3.63) is 53.3 Å². The molecule has 1 atom stereocenters. The average Bonchev–Trinajstić information content (AvgIpc) is 3.16. The minimum atomic E-state index is 0.374. The van der Waals surface area contributed by atoms with E-state index in [0.717, 1.165) is 18.8 Å². The average molecular weight is 284 g/mol. The van der Waals surface area contributed by atoms with Gasteiger partial charge in [-0.25, -0.2) is 0 Å². The summed E-state index contributed by atoms with van der Waals surface area (Å²) >= 11 is 0. The van der Waals surface area contributed by atoms with Gasteiger partial charge in [0.15, 0.2) is 0 Å². The highest BCUT2D eigenvalue weighted by atomic mass is 15.2. The summed E-state index contributed by atoms with van der Waals surface area (Å²) in [6.07, 6.45) is 4.59. The zero-order chi connectivity index (χ0) is 14.5. The molecule has 0 spiro atoms. The smallest absolute Gasteiger partial charge is 0.0535 e. The van der Waals surface area contributed by atoms with Gasteiger partial charge < -0.3 is 10.2 Å². The Morgan fingerprint density at radius 1 is 1.24 bits per heavy atom. The lowest BCUT2D eigenvalue weighted by atomic mass is 10.1. The van der Waals surface area contributed by atoms with Crippen LogP contribution in [0.3, 0.4) is 0 Å². The summed E-state index contributed by atoms with van der Waals surface area (Å²) in [4.78, 5) is 2.56. The zero-order valence-electron chi connectivity index (χ0n) is 12.7. The number of aryl methyl sites for hydroxylation is 1. The van der Waals surface area contributed by atoms with E-state index in [1.54, 1.807) is 0 Å². The van der Waals surface area contributed by atoms with Gasteiger partial charge in [-0.2, -0.15) is 5.10 Å². The van der Waals surface area contributed by atoms with Crippen molar-refractivity contribution >= 4 is 0 Å². The third-order valence-corrected chi connectivity index (χ3v) is 4.31. The molecule has 1 aromatic carbocycles. The second kappa shape index (κ2) is 6.87. The first kappa shape index (κ1) is 14.3. The Bertz CT molecular complexity index is 543. The van der Waals surface area contributed by atoms with Crippen LogP contribution in [0.5, 0.6) is 0 Å². The van der Waals surface area contributed by atoms with Gasteiger partial charge in [-0.3, -0.25) is 5.10 Å². The van der Waals surface area contributed by atoms with Gasteiger partial charge in [0.25, 0.3) is 0 Å². The summed E-state index contributed by atoms with van der Waals surface area (Å²) in [7, 11) is 0. The molecule has 2 heterocycles. The standard InChI is InChI=1S/C17H24N4/c1-14-16(12-19-20-14)11-18-17(13-21-9-5-6-10-21)15-7-3-2-4-8-15/h2-4,7-8,12,17-18H,5-6,9-11,13H2,1H3,(H,19,20). The molecule has 1 fully saturated rings. The van der Waals surface area contributed by atoms with Crippen molar-refractivity contribution in [2.24, 2.45) is 0 Å². The molecule has 0 radical (unpaired) electrons. The first-order valence-corrected chi connectivity index (χ1v) is 7.82. The van der Waals surface area contributed by atoms with Crippen molar-refractivity contribution in [3.8, 4) is 0 Å². The van der Waals surface area contributed by atoms with Crippen molar-refractivity contribution in [3.63, 3.8) is 0 Å². The van der Waals surface area contributed by atoms with Crippen molar-refractivity contribution in [1.82, 2.24) is 20.4 Å². The third-order valence-electron chi connectivity index (χ3n) is 4.31. The Kier molecular flexibility index (Phi) is 4.68. The van der Waals surface area contributed by atoms with Gasteiger partial charge >= 0.3 is 0 Å². The van der Waals surface area contributed by atoms with Crippen LogP contribution in [0.1, 0.15) is 35.7 Å². The van der Waals surface area contributed by atoms with Gasteiger partial charge in [0.1, 0.15) is 0 Å². The Labute approximate surface area is 126 Å². The number of nitrogens with one attached hydrogen (secondary N) is 2. The third kappa shape index (κ3) is 3.71. The van der Waals surface area contributed by atoms with E-state index in [1.165, 1.54) is 37.1 Å². The molecule has 4 heteroatoms. The van der Waals surface area contributed by atoms with Crippen LogP contribution in [0.2, 0.25) is 0 Å². The van der Waals surface area contributed by atoms with Crippen molar-refractivity contribution < 1.29 is 0 Å². The fourth-order valence-electron chi connectivity index (χ4n) is 2.98. The fourth-order valence-corrected chi connectivity index (χ4v) is 2.98. The van der Waals surface area contributed by atoms with Crippen LogP contribution in [0.25, 0.3) is 0 Å². The van der Waals surface area contributed by atoms with Crippen LogP contribution in [-0.2, 0) is 6.54 Å². The van der Waals surface area contributed by atoms with Gasteiger partial charge in [0.2, 0.25) is 0 Å². The highest BCUT2D eigenvalue weighted by Crippen LogP contribution is 2.18. The molecule has 0 saturated carbocycles. The summed E-state index contributed by atoms with van der Waals surface area (Å²) in [6, 6.07) is 11.1. The van der Waals surface area contributed by atoms with Crippen LogP contribution in [0, 0.1) is 6.92 Å². The lowest BCUT2D eigenvalue weighted by Crippen LogP contribution is -2.33. The van der Waals surface area contributed by atoms with Crippen molar-refractivity contribution in [2.45, 2.75) is 32.4 Å². The van der Waals surface area contributed by atoms with Gasteiger partial charge in [0.05, 0.1) is 6.20 Å². The number of rotatable bonds is 6. The predicted octanol–water partition coefficient (Wildman–Crippen LogP) is 2.64. The lowest BCUT2D eigenvalue weighted by molar-refractivity contribution is 0.291. The number of likely N-dealkylation sites (tertiary alicyclic amines) is 1. The van der Waals surface area contributed by atoms with Gasteiger partial charge in [-0.15, -0.1) is 0 Å². The van der Waals surface area contributed by atoms with Crippen molar-refractivity contribution in [1.29, 1.82) is 0 Å². The number of H-pyrrole nitrogens is 1. The maximum Gasteiger partial charge on any atom is 0.0535 e. The van der Waals surface area contributed by atoms with E-state index in [9.17, 15) is 0 Å². The molecular formula is C17H24N4. The van der Waals surface area contributed by atoms with Crippen LogP contribution in [-0.4, -0.2) is 34.7 Å². The van der Waals surface area contributed by atoms with Crippen LogP contribution < -0.4 is 5.32 Å². The highest BCUT2D eigenvalue weighted by molar-refractivity contribution is 5.20. The Balaban J connectivity index is 1.67. The van der Waals surface area contributed by atoms with E-state index < -0.39 is 0 Å². The number of hydrogen-bond donors (Lipinski definition) is 2. The summed E-state index contributed by atoms with van der Waals surface area (Å²) in [5.41, 5.74) is 3.76. The number of hydrogen-bond acceptors (Lipinski definition) is 3. The molecule has 21 heavy (non-hydrogen) atoms. The SMILES string of the molecule is Cc1[nH]ncc1CNC(CN1CCCC1)c1ccccc1. The number of benzene rings is 1. The summed E-state index contributed by atoms with van der Waals surface area (Å²) < 4.78 is 0. The van der Waals surface area contributed by atoms with Crippen LogP contribution >= 0.6 is 0 Å². The van der Waals surface area contributed by atoms with E-state index in [0.29, 0.717) is 6.04 Å². The molecular weight excluding hydrogens is 260 g/mol. The second-order valence-electron chi connectivity index (χ2n) is 5.87. The molecule has 0 aliphatic carbocycles. The van der Waals surface area contributed by atoms with Crippen molar-refractivity contribution in [2.75, 3.05) is 19.6 Å². The first-order valence-electron chi connectivity index (χ1n) is 7.82. The quantitative estimate of drug-likeness (QED) is 0.857. The Hall–Kier alpha value is -1.65. The van der Waals surface area contributed by atoms with Gasteiger partial charge in [-0.05, 0) is 38.4 Å². The van der Waals surface area contributed by atoms with Crippen LogP contribution in [0.4, 0.5) is 0 Å². The minimum Gasteiger partial charge on any atom is -0.305 e. The summed E-state index contributed by atoms with van der Waals surface area (Å²) in [5, 5.41) is 10.8. The molecule has 1 aliphatic heterocycles. The number of aromatic amines is 1. The zero-order valence-corrected chi connectivity index (χ0v) is 12.7. The second-order valence-corrected chi connectivity index (χ2v) is 5.87. The maximum atomic E-state index is 4.10. The molecule has 1 saturated heterocycles. The Morgan fingerprint density at radius 2 is 2.00 bits per heavy atom. The Morgan fingerprint density at radius 3 is 2.67 bits per heavy atom. The van der Waals surface area contributed by atoms with E-state index >= 15 is 0 Å². The van der Waals surface area contributed by atoms with Gasteiger partial charge in [0, 0.05) is 30.4 Å². The molecule has 1 unspecified atom stereocenters. The first-order chi connectivity index (χ1) is 10.3. The molecule has 2 N–H and O–H groups in total. The number of aromatic nitrogens is 2. The molecule has 4 nitrogen and oxygen atoms in total. The summed E-state index contributed by atoms with van der Waals surface area (Å²) in [6.45, 7) is 6.48. The molecule has 2 aromatic rings. The monoisotopic (exact) mass is 284 g/mol. The summed E-state index contributed by atoms with van der Waals surface area (Å²) in [5.74, 6) is 0. The topological polar surface area (TPSA) is 44.0 Å². The molecule has 0 bridgehead atoms. The molecule has 1 aliphatic rings. The van der Waals surface area contributed by atoms with E-state index in [1.807, 2.05) is 6.20 Å². The minimum absolute atomic E-state index is 0.374. The van der Waals surface area contributed by atoms with E-state index in [2.05, 4.69) is 57.7 Å². The maximum absolute atomic E-state index is 4.10. The fraction of sp³-hybridized carbons (Fsp3) is 0.471. The van der Waals surface area contributed by atoms with Gasteiger partial charge in [-0.1, -0.05) is 30.3 Å². The van der Waals surface area contributed by atoms with E-state index in [-0.39, 0.29) is 0 Å². The molecule has 3 rings (SSSR count). The largest absolute Gasteiger partial charge is 0.305 e. The number of nitrogens with zero attached hydrogens (tertiary/aromatic N) is 2. The van der Waals surface area contributed by atoms with Crippen LogP contribution in [0.15, 0.2) is 36.5 Å². The predicted molar refractivity (Wildman–Crippen MR) is 85.0 cm³/mol. The molecule has 0 amide bonds. The highest BCUT2D eigenvalue weighted by Gasteiger charge is 2.18. The lowest BCUT2D eigenvalue weighted by Gasteiger charge is -2.25. The van der Waals surface area contributed by atoms with E-state index in [4.69, 9.17) is 0 Å². The molecule has 1 aromatic heterocycles. The normalized spacial score (nSPS) is 17.2.